The van der Waals surface area contributed by atoms with Crippen molar-refractivity contribution < 1.29 is 9.18 Å². The smallest absolute Gasteiger partial charge is 0.268 e. The van der Waals surface area contributed by atoms with Crippen LogP contribution in [0.1, 0.15) is 29.0 Å². The van der Waals surface area contributed by atoms with Gasteiger partial charge in [-0.25, -0.2) is 4.39 Å². The van der Waals surface area contributed by atoms with Gasteiger partial charge in [0.05, 0.1) is 6.04 Å². The molecule has 1 heterocycles. The van der Waals surface area contributed by atoms with E-state index >= 15 is 0 Å². The lowest BCUT2D eigenvalue weighted by Crippen LogP contribution is -2.28. The van der Waals surface area contributed by atoms with Crippen LogP contribution in [0.5, 0.6) is 0 Å². The Morgan fingerprint density at radius 3 is 2.71 bits per heavy atom. The molecule has 6 heteroatoms. The number of nitrogens with one attached hydrogen (secondary N) is 1. The minimum absolute atomic E-state index is 0.264. The zero-order valence-corrected chi connectivity index (χ0v) is 15.5. The van der Waals surface area contributed by atoms with Gasteiger partial charge in [-0.15, -0.1) is 0 Å². The molecule has 3 rings (SSSR count). The molecule has 0 radical (unpaired) electrons. The van der Waals surface area contributed by atoms with E-state index < -0.39 is 6.04 Å². The molecule has 3 nitrogen and oxygen atoms in total. The van der Waals surface area contributed by atoms with E-state index in [-0.39, 0.29) is 11.7 Å². The van der Waals surface area contributed by atoms with Gasteiger partial charge in [0.2, 0.25) is 0 Å². The van der Waals surface area contributed by atoms with Crippen LogP contribution < -0.4 is 5.32 Å². The van der Waals surface area contributed by atoms with Crippen LogP contribution in [-0.4, -0.2) is 10.5 Å². The van der Waals surface area contributed by atoms with Crippen molar-refractivity contribution in [3.63, 3.8) is 0 Å². The number of fused-ring (bicyclic) bond motifs is 1. The Bertz CT molecular complexity index is 938. The van der Waals surface area contributed by atoms with Crippen LogP contribution in [0.25, 0.3) is 10.9 Å². The van der Waals surface area contributed by atoms with Crippen molar-refractivity contribution in [1.82, 2.24) is 9.88 Å². The molecule has 3 aromatic rings. The number of hydrogen-bond donors (Lipinski definition) is 1. The lowest BCUT2D eigenvalue weighted by Gasteiger charge is -2.15. The number of halogens is 3. The number of rotatable bonds is 3. The molecular formula is C18H15BrClFN2O. The van der Waals surface area contributed by atoms with Crippen molar-refractivity contribution in [2.45, 2.75) is 13.0 Å². The molecule has 24 heavy (non-hydrogen) atoms. The Balaban J connectivity index is 1.88. The second kappa shape index (κ2) is 6.57. The number of aromatic nitrogens is 1. The number of carbonyl (C=O) groups excluding carboxylic acids is 1. The van der Waals surface area contributed by atoms with Crippen LogP contribution in [0.2, 0.25) is 5.02 Å². The van der Waals surface area contributed by atoms with Crippen LogP contribution in [0.15, 0.2) is 46.9 Å². The first-order valence-electron chi connectivity index (χ1n) is 7.37. The molecule has 0 aliphatic heterocycles. The van der Waals surface area contributed by atoms with E-state index in [4.69, 9.17) is 11.6 Å². The summed E-state index contributed by atoms with van der Waals surface area (Å²) >= 11 is 9.24. The molecule has 0 spiro atoms. The maximum absolute atomic E-state index is 14.0. The zero-order valence-electron chi connectivity index (χ0n) is 13.1. The topological polar surface area (TPSA) is 34.0 Å². The van der Waals surface area contributed by atoms with E-state index in [0.29, 0.717) is 20.8 Å². The molecule has 1 unspecified atom stereocenters. The second-order valence-corrected chi connectivity index (χ2v) is 7.00. The fourth-order valence-electron chi connectivity index (χ4n) is 2.72. The molecule has 2 aromatic carbocycles. The standard InChI is InChI=1S/C18H15BrClFN2O/c1-10(14-6-4-12(19)8-15(14)21)22-18(24)17-7-11-3-5-13(20)9-16(11)23(17)2/h3-10H,1-2H3,(H,22,24). The normalized spacial score (nSPS) is 12.4. The predicted molar refractivity (Wildman–Crippen MR) is 97.9 cm³/mol. The summed E-state index contributed by atoms with van der Waals surface area (Å²) in [4.78, 5) is 12.6. The molecule has 0 aliphatic rings. The molecule has 0 bridgehead atoms. The van der Waals surface area contributed by atoms with Gasteiger partial charge in [0, 0.05) is 33.0 Å². The van der Waals surface area contributed by atoms with Gasteiger partial charge in [0.1, 0.15) is 11.5 Å². The highest BCUT2D eigenvalue weighted by Gasteiger charge is 2.18. The number of aryl methyl sites for hydroxylation is 1. The molecule has 0 fully saturated rings. The highest BCUT2D eigenvalue weighted by molar-refractivity contribution is 9.10. The largest absolute Gasteiger partial charge is 0.344 e. The number of hydrogen-bond acceptors (Lipinski definition) is 1. The third-order valence-corrected chi connectivity index (χ3v) is 4.75. The Morgan fingerprint density at radius 2 is 2.00 bits per heavy atom. The predicted octanol–water partition coefficient (Wildman–Crippen LogP) is 5.22. The molecule has 124 valence electrons. The molecule has 1 amide bonds. The van der Waals surface area contributed by atoms with Gasteiger partial charge in [-0.05, 0) is 37.3 Å². The minimum atomic E-state index is -0.452. The number of carbonyl (C=O) groups is 1. The third kappa shape index (κ3) is 3.19. The van der Waals surface area contributed by atoms with E-state index in [2.05, 4.69) is 21.2 Å². The van der Waals surface area contributed by atoms with Gasteiger partial charge in [0.25, 0.3) is 5.91 Å². The molecule has 1 N–H and O–H groups in total. The van der Waals surface area contributed by atoms with Crippen LogP contribution >= 0.6 is 27.5 Å². The average molecular weight is 410 g/mol. The first-order valence-corrected chi connectivity index (χ1v) is 8.54. The maximum atomic E-state index is 14.0. The van der Waals surface area contributed by atoms with Gasteiger partial charge in [-0.3, -0.25) is 4.79 Å². The van der Waals surface area contributed by atoms with E-state index in [1.54, 1.807) is 42.8 Å². The van der Waals surface area contributed by atoms with Crippen molar-refractivity contribution >= 4 is 44.3 Å². The molecule has 1 aromatic heterocycles. The van der Waals surface area contributed by atoms with E-state index in [1.807, 2.05) is 12.1 Å². The fraction of sp³-hybridized carbons (Fsp3) is 0.167. The third-order valence-electron chi connectivity index (χ3n) is 4.02. The Hall–Kier alpha value is -1.85. The summed E-state index contributed by atoms with van der Waals surface area (Å²) in [7, 11) is 1.80. The van der Waals surface area contributed by atoms with Crippen molar-refractivity contribution in [2.24, 2.45) is 7.05 Å². The van der Waals surface area contributed by atoms with Gasteiger partial charge in [-0.1, -0.05) is 39.7 Å². The van der Waals surface area contributed by atoms with Crippen molar-refractivity contribution in [3.05, 3.63) is 69.0 Å². The van der Waals surface area contributed by atoms with E-state index in [1.165, 1.54) is 6.07 Å². The van der Waals surface area contributed by atoms with Crippen LogP contribution in [0.3, 0.4) is 0 Å². The van der Waals surface area contributed by atoms with E-state index in [9.17, 15) is 9.18 Å². The average Bonchev–Trinajstić information content (AvgIpc) is 2.84. The minimum Gasteiger partial charge on any atom is -0.344 e. The maximum Gasteiger partial charge on any atom is 0.268 e. The van der Waals surface area contributed by atoms with Gasteiger partial charge >= 0.3 is 0 Å². The van der Waals surface area contributed by atoms with Crippen LogP contribution in [0, 0.1) is 5.82 Å². The lowest BCUT2D eigenvalue weighted by atomic mass is 10.1. The molecular weight excluding hydrogens is 395 g/mol. The summed E-state index contributed by atoms with van der Waals surface area (Å²) in [6.45, 7) is 1.75. The van der Waals surface area contributed by atoms with Crippen LogP contribution in [-0.2, 0) is 7.05 Å². The lowest BCUT2D eigenvalue weighted by molar-refractivity contribution is 0.0931. The summed E-state index contributed by atoms with van der Waals surface area (Å²) < 4.78 is 16.5. The fourth-order valence-corrected chi connectivity index (χ4v) is 3.22. The Morgan fingerprint density at radius 1 is 1.25 bits per heavy atom. The van der Waals surface area contributed by atoms with Crippen LogP contribution in [0.4, 0.5) is 4.39 Å². The van der Waals surface area contributed by atoms with Gasteiger partial charge in [0.15, 0.2) is 0 Å². The molecule has 0 saturated carbocycles. The summed E-state index contributed by atoms with van der Waals surface area (Å²) in [5.74, 6) is -0.624. The van der Waals surface area contributed by atoms with Crippen molar-refractivity contribution in [2.75, 3.05) is 0 Å². The Labute approximate surface area is 152 Å². The highest BCUT2D eigenvalue weighted by Crippen LogP contribution is 2.24. The molecule has 1 atom stereocenters. The molecule has 0 aliphatic carbocycles. The number of benzene rings is 2. The van der Waals surface area contributed by atoms with Gasteiger partial charge in [-0.2, -0.15) is 0 Å². The SMILES string of the molecule is CC(NC(=O)c1cc2ccc(Cl)cc2n1C)c1ccc(Br)cc1F. The number of nitrogens with zero attached hydrogens (tertiary/aromatic N) is 1. The first kappa shape index (κ1) is 17.0. The summed E-state index contributed by atoms with van der Waals surface area (Å²) in [5, 5.41) is 4.38. The number of amides is 1. The summed E-state index contributed by atoms with van der Waals surface area (Å²) in [6.07, 6.45) is 0. The monoisotopic (exact) mass is 408 g/mol. The van der Waals surface area contributed by atoms with Crippen molar-refractivity contribution in [1.29, 1.82) is 0 Å². The first-order chi connectivity index (χ1) is 11.4. The molecule has 0 saturated heterocycles. The quantitative estimate of drug-likeness (QED) is 0.632. The summed E-state index contributed by atoms with van der Waals surface area (Å²) in [6, 6.07) is 11.6. The zero-order chi connectivity index (χ0) is 17.4. The van der Waals surface area contributed by atoms with Crippen molar-refractivity contribution in [3.8, 4) is 0 Å². The second-order valence-electron chi connectivity index (χ2n) is 5.65. The Kier molecular flexibility index (Phi) is 4.65. The summed E-state index contributed by atoms with van der Waals surface area (Å²) in [5.41, 5.74) is 1.81. The highest BCUT2D eigenvalue weighted by atomic mass is 79.9. The van der Waals surface area contributed by atoms with E-state index in [0.717, 1.165) is 10.9 Å². The van der Waals surface area contributed by atoms with Gasteiger partial charge < -0.3 is 9.88 Å².